The second-order valence-corrected chi connectivity index (χ2v) is 4.53. The lowest BCUT2D eigenvalue weighted by molar-refractivity contribution is 0.405. The van der Waals surface area contributed by atoms with Crippen molar-refractivity contribution >= 4 is 0 Å². The number of hydrogen-bond donors (Lipinski definition) is 0. The van der Waals surface area contributed by atoms with Crippen LogP contribution in [0.5, 0.6) is 0 Å². The van der Waals surface area contributed by atoms with Gasteiger partial charge in [0.25, 0.3) is 0 Å². The molecule has 0 heterocycles. The van der Waals surface area contributed by atoms with Crippen LogP contribution in [0.25, 0.3) is 0 Å². The fraction of sp³-hybridized carbons (Fsp3) is 1.00. The Morgan fingerprint density at radius 1 is 0.750 bits per heavy atom. The molecule has 0 spiro atoms. The van der Waals surface area contributed by atoms with Gasteiger partial charge in [-0.1, -0.05) is 13.8 Å². The average Bonchev–Trinajstić information content (AvgIpc) is 2.02. The summed E-state index contributed by atoms with van der Waals surface area (Å²) in [5, 5.41) is 8.68. The molecule has 0 aromatic rings. The lowest BCUT2D eigenvalue weighted by Gasteiger charge is -2.20. The molecule has 0 saturated heterocycles. The van der Waals surface area contributed by atoms with Crippen molar-refractivity contribution in [2.24, 2.45) is 10.2 Å². The van der Waals surface area contributed by atoms with Crippen molar-refractivity contribution < 1.29 is 0 Å². The first-order valence-electron chi connectivity index (χ1n) is 4.77. The number of nitrogens with zero attached hydrogens (tertiary/aromatic N) is 2. The van der Waals surface area contributed by atoms with Crippen molar-refractivity contribution in [2.75, 3.05) is 0 Å². The first kappa shape index (κ1) is 11.6. The molecular weight excluding hydrogens is 148 g/mol. The third-order valence-corrected chi connectivity index (χ3v) is 2.32. The van der Waals surface area contributed by atoms with Crippen LogP contribution in [-0.4, -0.2) is 11.1 Å². The molecule has 0 N–H and O–H groups in total. The molecule has 0 aliphatic rings. The van der Waals surface area contributed by atoms with Crippen LogP contribution in [-0.2, 0) is 0 Å². The molecule has 72 valence electrons. The highest BCUT2D eigenvalue weighted by Crippen LogP contribution is 2.20. The van der Waals surface area contributed by atoms with Gasteiger partial charge in [0.2, 0.25) is 0 Å². The summed E-state index contributed by atoms with van der Waals surface area (Å²) < 4.78 is 0. The summed E-state index contributed by atoms with van der Waals surface area (Å²) in [7, 11) is 0. The van der Waals surface area contributed by atoms with Gasteiger partial charge in [0, 0.05) is 0 Å². The summed E-state index contributed by atoms with van der Waals surface area (Å²) >= 11 is 0. The maximum Gasteiger partial charge on any atom is 0.0757 e. The predicted molar refractivity (Wildman–Crippen MR) is 53.6 cm³/mol. The Hall–Kier alpha value is -0.400. The third kappa shape index (κ3) is 4.47. The minimum Gasteiger partial charge on any atom is -0.187 e. The number of hydrogen-bond acceptors (Lipinski definition) is 2. The Labute approximate surface area is 76.5 Å². The Balaban J connectivity index is 4.23. The van der Waals surface area contributed by atoms with E-state index in [9.17, 15) is 0 Å². The summed E-state index contributed by atoms with van der Waals surface area (Å²) in [6.45, 7) is 12.7. The summed E-state index contributed by atoms with van der Waals surface area (Å²) in [5.74, 6) is 0. The highest BCUT2D eigenvalue weighted by Gasteiger charge is 2.17. The third-order valence-electron chi connectivity index (χ3n) is 2.32. The van der Waals surface area contributed by atoms with E-state index in [0.29, 0.717) is 0 Å². The minimum absolute atomic E-state index is 0.00639. The molecule has 2 heteroatoms. The summed E-state index contributed by atoms with van der Waals surface area (Å²) in [5.41, 5.74) is 0.0128. The fourth-order valence-electron chi connectivity index (χ4n) is 0.412. The lowest BCUT2D eigenvalue weighted by atomic mass is 10.0. The van der Waals surface area contributed by atoms with Crippen molar-refractivity contribution in [3.63, 3.8) is 0 Å². The van der Waals surface area contributed by atoms with E-state index in [0.717, 1.165) is 12.8 Å². The zero-order chi connectivity index (χ0) is 9.83. The summed E-state index contributed by atoms with van der Waals surface area (Å²) in [6.07, 6.45) is 2.08. The molecule has 0 rings (SSSR count). The predicted octanol–water partition coefficient (Wildman–Crippen LogP) is 3.82. The van der Waals surface area contributed by atoms with E-state index in [-0.39, 0.29) is 11.1 Å². The van der Waals surface area contributed by atoms with E-state index in [1.54, 1.807) is 0 Å². The van der Waals surface area contributed by atoms with E-state index < -0.39 is 0 Å². The molecule has 0 aliphatic heterocycles. The van der Waals surface area contributed by atoms with Crippen LogP contribution in [0.3, 0.4) is 0 Å². The van der Waals surface area contributed by atoms with Gasteiger partial charge in [0.15, 0.2) is 0 Å². The van der Waals surface area contributed by atoms with Crippen LogP contribution in [0.2, 0.25) is 0 Å². The van der Waals surface area contributed by atoms with Crippen LogP contribution in [0.15, 0.2) is 10.2 Å². The van der Waals surface area contributed by atoms with E-state index in [1.165, 1.54) is 0 Å². The molecule has 2 nitrogen and oxygen atoms in total. The summed E-state index contributed by atoms with van der Waals surface area (Å²) in [4.78, 5) is 0. The van der Waals surface area contributed by atoms with Gasteiger partial charge in [-0.3, -0.25) is 0 Å². The highest BCUT2D eigenvalue weighted by atomic mass is 15.2. The normalized spacial score (nSPS) is 14.2. The van der Waals surface area contributed by atoms with Crippen LogP contribution in [0, 0.1) is 0 Å². The Bertz CT molecular complexity index is 139. The van der Waals surface area contributed by atoms with Crippen LogP contribution >= 0.6 is 0 Å². The van der Waals surface area contributed by atoms with E-state index >= 15 is 0 Å². The molecular formula is C10H22N2. The monoisotopic (exact) mass is 170 g/mol. The Morgan fingerprint density at radius 2 is 1.00 bits per heavy atom. The fourth-order valence-corrected chi connectivity index (χ4v) is 0.412. The molecule has 0 saturated carbocycles. The SMILES string of the molecule is CCC(C)(C)N=NC(C)(C)CC. The molecule has 0 aliphatic carbocycles. The Morgan fingerprint density at radius 3 is 1.17 bits per heavy atom. The average molecular weight is 170 g/mol. The van der Waals surface area contributed by atoms with Gasteiger partial charge in [-0.2, -0.15) is 10.2 Å². The molecule has 0 bridgehead atoms. The quantitative estimate of drug-likeness (QED) is 0.573. The standard InChI is InChI=1S/C10H22N2/c1-7-9(3,4)11-12-10(5,6)8-2/h7-8H2,1-6H3. The molecule has 0 aromatic carbocycles. The van der Waals surface area contributed by atoms with Gasteiger partial charge in [0.1, 0.15) is 0 Å². The maximum absolute atomic E-state index is 4.34. The first-order valence-corrected chi connectivity index (χ1v) is 4.77. The van der Waals surface area contributed by atoms with Gasteiger partial charge in [-0.05, 0) is 40.5 Å². The largest absolute Gasteiger partial charge is 0.187 e. The van der Waals surface area contributed by atoms with Gasteiger partial charge < -0.3 is 0 Å². The van der Waals surface area contributed by atoms with Crippen molar-refractivity contribution in [1.29, 1.82) is 0 Å². The summed E-state index contributed by atoms with van der Waals surface area (Å²) in [6, 6.07) is 0. The van der Waals surface area contributed by atoms with Gasteiger partial charge in [0.05, 0.1) is 11.1 Å². The Kier molecular flexibility index (Phi) is 3.88. The van der Waals surface area contributed by atoms with Crippen molar-refractivity contribution in [3.05, 3.63) is 0 Å². The molecule has 0 fully saturated rings. The van der Waals surface area contributed by atoms with E-state index in [4.69, 9.17) is 0 Å². The van der Waals surface area contributed by atoms with Crippen LogP contribution in [0.4, 0.5) is 0 Å². The number of rotatable bonds is 4. The van der Waals surface area contributed by atoms with Crippen LogP contribution in [0.1, 0.15) is 54.4 Å². The smallest absolute Gasteiger partial charge is 0.0757 e. The first-order chi connectivity index (χ1) is 5.33. The van der Waals surface area contributed by atoms with Crippen molar-refractivity contribution in [2.45, 2.75) is 65.5 Å². The molecule has 0 radical (unpaired) electrons. The maximum atomic E-state index is 4.34. The van der Waals surface area contributed by atoms with Crippen molar-refractivity contribution in [3.8, 4) is 0 Å². The second kappa shape index (κ2) is 4.01. The molecule has 0 aromatic heterocycles. The van der Waals surface area contributed by atoms with E-state index in [1.807, 2.05) is 0 Å². The van der Waals surface area contributed by atoms with Gasteiger partial charge >= 0.3 is 0 Å². The highest BCUT2D eigenvalue weighted by molar-refractivity contribution is 4.78. The second-order valence-electron chi connectivity index (χ2n) is 4.53. The topological polar surface area (TPSA) is 24.7 Å². The molecule has 12 heavy (non-hydrogen) atoms. The van der Waals surface area contributed by atoms with Gasteiger partial charge in [-0.25, -0.2) is 0 Å². The molecule has 0 unspecified atom stereocenters. The van der Waals surface area contributed by atoms with Gasteiger partial charge in [-0.15, -0.1) is 0 Å². The minimum atomic E-state index is 0.00639. The molecule has 0 amide bonds. The zero-order valence-electron chi connectivity index (χ0n) is 9.31. The van der Waals surface area contributed by atoms with Crippen molar-refractivity contribution in [1.82, 2.24) is 0 Å². The lowest BCUT2D eigenvalue weighted by Crippen LogP contribution is -2.19. The zero-order valence-corrected chi connectivity index (χ0v) is 9.31. The van der Waals surface area contributed by atoms with E-state index in [2.05, 4.69) is 51.8 Å². The van der Waals surface area contributed by atoms with Crippen LogP contribution < -0.4 is 0 Å². The molecule has 0 atom stereocenters. The number of azo groups is 1.